The highest BCUT2D eigenvalue weighted by Crippen LogP contribution is 2.20. The van der Waals surface area contributed by atoms with Crippen molar-refractivity contribution in [3.05, 3.63) is 12.0 Å². The van der Waals surface area contributed by atoms with Gasteiger partial charge in [-0.05, 0) is 26.2 Å². The van der Waals surface area contributed by atoms with Crippen molar-refractivity contribution in [1.82, 2.24) is 13.9 Å². The number of aryl methyl sites for hydroxylation is 2. The maximum Gasteiger partial charge on any atom is 0.262 e. The normalized spacial score (nSPS) is 21.7. The average molecular weight is 287 g/mol. The second-order valence-corrected chi connectivity index (χ2v) is 6.86. The first-order valence-electron chi connectivity index (χ1n) is 6.67. The van der Waals surface area contributed by atoms with Crippen LogP contribution in [0.5, 0.6) is 0 Å². The van der Waals surface area contributed by atoms with Gasteiger partial charge in [0.25, 0.3) is 10.0 Å². The van der Waals surface area contributed by atoms with E-state index in [9.17, 15) is 13.5 Å². The monoisotopic (exact) mass is 287 g/mol. The highest BCUT2D eigenvalue weighted by molar-refractivity contribution is 7.89. The number of aliphatic hydroxyl groups excluding tert-OH is 1. The maximum absolute atomic E-state index is 12.4. The van der Waals surface area contributed by atoms with E-state index in [0.717, 1.165) is 13.0 Å². The first-order chi connectivity index (χ1) is 8.95. The molecule has 1 fully saturated rings. The van der Waals surface area contributed by atoms with Crippen molar-refractivity contribution in [2.45, 2.75) is 50.8 Å². The number of piperidine rings is 1. The van der Waals surface area contributed by atoms with E-state index in [0.29, 0.717) is 25.2 Å². The van der Waals surface area contributed by atoms with Gasteiger partial charge in [-0.3, -0.25) is 0 Å². The van der Waals surface area contributed by atoms with Gasteiger partial charge >= 0.3 is 0 Å². The van der Waals surface area contributed by atoms with E-state index in [2.05, 4.69) is 4.98 Å². The summed E-state index contributed by atoms with van der Waals surface area (Å²) >= 11 is 0. The third-order valence-corrected chi connectivity index (χ3v) is 5.12. The summed E-state index contributed by atoms with van der Waals surface area (Å²) in [5.41, 5.74) is 0. The minimum atomic E-state index is -3.57. The van der Waals surface area contributed by atoms with E-state index in [4.69, 9.17) is 0 Å². The van der Waals surface area contributed by atoms with Crippen LogP contribution in [0.25, 0.3) is 0 Å². The lowest BCUT2D eigenvalue weighted by Gasteiger charge is -2.28. The van der Waals surface area contributed by atoms with Crippen LogP contribution in [0, 0.1) is 6.92 Å². The van der Waals surface area contributed by atoms with Gasteiger partial charge in [-0.1, -0.05) is 6.92 Å². The highest BCUT2D eigenvalue weighted by atomic mass is 32.2. The van der Waals surface area contributed by atoms with E-state index >= 15 is 0 Å². The van der Waals surface area contributed by atoms with Crippen molar-refractivity contribution in [2.75, 3.05) is 13.1 Å². The molecule has 0 aromatic carbocycles. The van der Waals surface area contributed by atoms with Gasteiger partial charge < -0.3 is 9.67 Å². The predicted molar refractivity (Wildman–Crippen MR) is 71.3 cm³/mol. The molecular formula is C12H21N3O3S. The molecule has 1 saturated heterocycles. The standard InChI is InChI=1S/C12H21N3O3S/c1-3-6-14-9-12(13-10(14)2)19(17,18)15-7-4-5-11(16)8-15/h9,11,16H,3-8H2,1-2H3/t11-/m0/s1. The Kier molecular flexibility index (Phi) is 4.27. The molecule has 1 aliphatic rings. The average Bonchev–Trinajstić information content (AvgIpc) is 2.72. The maximum atomic E-state index is 12.4. The van der Waals surface area contributed by atoms with E-state index in [1.807, 2.05) is 11.5 Å². The molecule has 0 spiro atoms. The molecule has 0 radical (unpaired) electrons. The van der Waals surface area contributed by atoms with Crippen LogP contribution < -0.4 is 0 Å². The Morgan fingerprint density at radius 1 is 1.53 bits per heavy atom. The summed E-state index contributed by atoms with van der Waals surface area (Å²) in [5.74, 6) is 0.706. The third kappa shape index (κ3) is 2.98. The van der Waals surface area contributed by atoms with Crippen LogP contribution >= 0.6 is 0 Å². The van der Waals surface area contributed by atoms with E-state index in [-0.39, 0.29) is 11.6 Å². The molecule has 1 aromatic rings. The van der Waals surface area contributed by atoms with Crippen LogP contribution in [0.15, 0.2) is 11.2 Å². The van der Waals surface area contributed by atoms with Crippen LogP contribution in [0.4, 0.5) is 0 Å². The zero-order valence-corrected chi connectivity index (χ0v) is 12.2. The van der Waals surface area contributed by atoms with Crippen molar-refractivity contribution in [2.24, 2.45) is 0 Å². The van der Waals surface area contributed by atoms with Gasteiger partial charge in [0, 0.05) is 25.8 Å². The molecule has 0 unspecified atom stereocenters. The zero-order valence-electron chi connectivity index (χ0n) is 11.4. The first kappa shape index (κ1) is 14.5. The molecule has 0 aliphatic carbocycles. The van der Waals surface area contributed by atoms with Crippen LogP contribution in [0.3, 0.4) is 0 Å². The fourth-order valence-electron chi connectivity index (χ4n) is 2.34. The lowest BCUT2D eigenvalue weighted by Crippen LogP contribution is -2.42. The quantitative estimate of drug-likeness (QED) is 0.886. The van der Waals surface area contributed by atoms with Crippen molar-refractivity contribution in [3.8, 4) is 0 Å². The van der Waals surface area contributed by atoms with E-state index in [1.54, 1.807) is 13.1 Å². The first-order valence-corrected chi connectivity index (χ1v) is 8.11. The summed E-state index contributed by atoms with van der Waals surface area (Å²) in [4.78, 5) is 4.15. The number of aromatic nitrogens is 2. The Morgan fingerprint density at radius 3 is 2.89 bits per heavy atom. The highest BCUT2D eigenvalue weighted by Gasteiger charge is 2.31. The zero-order chi connectivity index (χ0) is 14.0. The number of rotatable bonds is 4. The number of nitrogens with zero attached hydrogens (tertiary/aromatic N) is 3. The minimum Gasteiger partial charge on any atom is -0.392 e. The summed E-state index contributed by atoms with van der Waals surface area (Å²) in [6.07, 6.45) is 3.31. The SMILES string of the molecule is CCCn1cc(S(=O)(=O)N2CCC[C@H](O)C2)nc1C. The predicted octanol–water partition coefficient (Wildman–Crippen LogP) is 0.747. The fourth-order valence-corrected chi connectivity index (χ4v) is 3.85. The molecule has 1 atom stereocenters. The van der Waals surface area contributed by atoms with Crippen LogP contribution in [-0.2, 0) is 16.6 Å². The molecule has 2 heterocycles. The molecule has 6 nitrogen and oxygen atoms in total. The van der Waals surface area contributed by atoms with E-state index in [1.165, 1.54) is 4.31 Å². The van der Waals surface area contributed by atoms with Gasteiger partial charge in [0.15, 0.2) is 5.03 Å². The van der Waals surface area contributed by atoms with Gasteiger partial charge in [0.2, 0.25) is 0 Å². The molecule has 0 bridgehead atoms. The molecule has 1 aromatic heterocycles. The van der Waals surface area contributed by atoms with Crippen LogP contribution in [0.1, 0.15) is 32.0 Å². The van der Waals surface area contributed by atoms with Crippen molar-refractivity contribution in [1.29, 1.82) is 0 Å². The number of imidazole rings is 1. The topological polar surface area (TPSA) is 75.4 Å². The Bertz CT molecular complexity index is 538. The number of hydrogen-bond acceptors (Lipinski definition) is 4. The van der Waals surface area contributed by atoms with Crippen LogP contribution in [-0.4, -0.2) is 46.6 Å². The second kappa shape index (κ2) is 5.60. The Morgan fingerprint density at radius 2 is 2.26 bits per heavy atom. The summed E-state index contributed by atoms with van der Waals surface area (Å²) < 4.78 is 28.1. The number of sulfonamides is 1. The van der Waals surface area contributed by atoms with E-state index < -0.39 is 16.1 Å². The molecule has 1 N–H and O–H groups in total. The van der Waals surface area contributed by atoms with Crippen molar-refractivity contribution >= 4 is 10.0 Å². The molecule has 0 amide bonds. The molecule has 0 saturated carbocycles. The minimum absolute atomic E-state index is 0.0903. The van der Waals surface area contributed by atoms with Gasteiger partial charge in [-0.2, -0.15) is 4.31 Å². The second-order valence-electron chi connectivity index (χ2n) is 4.98. The van der Waals surface area contributed by atoms with Gasteiger partial charge in [-0.15, -0.1) is 0 Å². The largest absolute Gasteiger partial charge is 0.392 e. The summed E-state index contributed by atoms with van der Waals surface area (Å²) in [6.45, 7) is 5.23. The molecule has 108 valence electrons. The fraction of sp³-hybridized carbons (Fsp3) is 0.750. The molecule has 19 heavy (non-hydrogen) atoms. The van der Waals surface area contributed by atoms with Gasteiger partial charge in [0.05, 0.1) is 6.10 Å². The Labute approximate surface area is 114 Å². The molecule has 2 rings (SSSR count). The Hall–Kier alpha value is -0.920. The molecule has 1 aliphatic heterocycles. The number of aliphatic hydroxyl groups is 1. The van der Waals surface area contributed by atoms with Crippen LogP contribution in [0.2, 0.25) is 0 Å². The third-order valence-electron chi connectivity index (χ3n) is 3.38. The summed E-state index contributed by atoms with van der Waals surface area (Å²) in [7, 11) is -3.57. The lowest BCUT2D eigenvalue weighted by atomic mass is 10.1. The molecule has 7 heteroatoms. The number of β-amino-alcohol motifs (C(OH)–C–C–N with tert-alkyl or cyclic N) is 1. The smallest absolute Gasteiger partial charge is 0.262 e. The summed E-state index contributed by atoms with van der Waals surface area (Å²) in [6, 6.07) is 0. The lowest BCUT2D eigenvalue weighted by molar-refractivity contribution is 0.108. The van der Waals surface area contributed by atoms with Crippen molar-refractivity contribution < 1.29 is 13.5 Å². The van der Waals surface area contributed by atoms with Crippen molar-refractivity contribution in [3.63, 3.8) is 0 Å². The summed E-state index contributed by atoms with van der Waals surface area (Å²) in [5, 5.41) is 9.69. The van der Waals surface area contributed by atoms with Gasteiger partial charge in [-0.25, -0.2) is 13.4 Å². The Balaban J connectivity index is 2.26. The number of hydrogen-bond donors (Lipinski definition) is 1. The van der Waals surface area contributed by atoms with Gasteiger partial charge in [0.1, 0.15) is 5.82 Å². The molecular weight excluding hydrogens is 266 g/mol.